The summed E-state index contributed by atoms with van der Waals surface area (Å²) in [5.74, 6) is 0. The number of rotatable bonds is 8. The molecule has 1 aliphatic heterocycles. The number of likely N-dealkylation sites (N-methyl/N-ethyl adjacent to an activating group) is 1. The molecule has 7 nitrogen and oxygen atoms in total. The van der Waals surface area contributed by atoms with Crippen LogP contribution in [0, 0.1) is 0 Å². The third-order valence-electron chi connectivity index (χ3n) is 3.66. The largest absolute Gasteiger partial charge is 0.316 e. The van der Waals surface area contributed by atoms with Gasteiger partial charge >= 0.3 is 0 Å². The first kappa shape index (κ1) is 18.3. The SMILES string of the molecule is CCNCCNS(=O)(=O)c1cccc(S(=O)(=O)N2CCCC2)c1. The number of hydrogen-bond donors (Lipinski definition) is 2. The molecule has 1 heterocycles. The van der Waals surface area contributed by atoms with Gasteiger partial charge in [0, 0.05) is 26.2 Å². The Morgan fingerprint density at radius 2 is 1.70 bits per heavy atom. The van der Waals surface area contributed by atoms with E-state index >= 15 is 0 Å². The molecule has 9 heteroatoms. The molecule has 0 unspecified atom stereocenters. The third-order valence-corrected chi connectivity index (χ3v) is 7.02. The second kappa shape index (κ2) is 7.71. The minimum atomic E-state index is -3.72. The number of benzene rings is 1. The lowest BCUT2D eigenvalue weighted by atomic mass is 10.4. The molecule has 2 N–H and O–H groups in total. The van der Waals surface area contributed by atoms with E-state index in [1.165, 1.54) is 28.6 Å². The van der Waals surface area contributed by atoms with Crippen LogP contribution >= 0.6 is 0 Å². The van der Waals surface area contributed by atoms with Gasteiger partial charge in [0.2, 0.25) is 20.0 Å². The van der Waals surface area contributed by atoms with Crippen molar-refractivity contribution in [1.82, 2.24) is 14.3 Å². The summed E-state index contributed by atoms with van der Waals surface area (Å²) in [4.78, 5) is -0.0109. The zero-order chi connectivity index (χ0) is 16.9. The maximum atomic E-state index is 12.5. The Hall–Kier alpha value is -1.00. The fraction of sp³-hybridized carbons (Fsp3) is 0.571. The van der Waals surface area contributed by atoms with E-state index < -0.39 is 20.0 Å². The molecule has 0 aliphatic carbocycles. The monoisotopic (exact) mass is 361 g/mol. The highest BCUT2D eigenvalue weighted by atomic mass is 32.2. The molecule has 1 aliphatic rings. The molecule has 2 rings (SSSR count). The minimum absolute atomic E-state index is 0.0222. The van der Waals surface area contributed by atoms with Gasteiger partial charge in [0.05, 0.1) is 9.79 Å². The van der Waals surface area contributed by atoms with E-state index in [1.54, 1.807) is 0 Å². The lowest BCUT2D eigenvalue weighted by Gasteiger charge is -2.16. The lowest BCUT2D eigenvalue weighted by Crippen LogP contribution is -2.32. The van der Waals surface area contributed by atoms with E-state index in [0.717, 1.165) is 19.4 Å². The van der Waals surface area contributed by atoms with Gasteiger partial charge in [-0.15, -0.1) is 0 Å². The Labute approximate surface area is 138 Å². The Morgan fingerprint density at radius 3 is 2.35 bits per heavy atom. The van der Waals surface area contributed by atoms with Crippen molar-refractivity contribution in [2.75, 3.05) is 32.7 Å². The third kappa shape index (κ3) is 4.51. The molecular formula is C14H23N3O4S2. The molecule has 0 spiro atoms. The molecular weight excluding hydrogens is 338 g/mol. The van der Waals surface area contributed by atoms with Crippen LogP contribution in [0.4, 0.5) is 0 Å². The van der Waals surface area contributed by atoms with Crippen LogP contribution in [0.2, 0.25) is 0 Å². The Kier molecular flexibility index (Phi) is 6.15. The molecule has 1 saturated heterocycles. The predicted molar refractivity (Wildman–Crippen MR) is 88.2 cm³/mol. The number of hydrogen-bond acceptors (Lipinski definition) is 5. The molecule has 1 aromatic rings. The van der Waals surface area contributed by atoms with Gasteiger partial charge in [-0.05, 0) is 37.6 Å². The molecule has 0 saturated carbocycles. The summed E-state index contributed by atoms with van der Waals surface area (Å²) >= 11 is 0. The van der Waals surface area contributed by atoms with E-state index in [0.29, 0.717) is 19.6 Å². The lowest BCUT2D eigenvalue weighted by molar-refractivity contribution is 0.477. The van der Waals surface area contributed by atoms with Crippen LogP contribution in [0.15, 0.2) is 34.1 Å². The molecule has 0 bridgehead atoms. The van der Waals surface area contributed by atoms with Crippen LogP contribution in [0.3, 0.4) is 0 Å². The molecule has 0 atom stereocenters. The highest BCUT2D eigenvalue weighted by Gasteiger charge is 2.28. The second-order valence-corrected chi connectivity index (χ2v) is 9.04. The van der Waals surface area contributed by atoms with Gasteiger partial charge in [0.1, 0.15) is 0 Å². The van der Waals surface area contributed by atoms with Gasteiger partial charge in [-0.1, -0.05) is 13.0 Å². The fourth-order valence-corrected chi connectivity index (χ4v) is 5.13. The Morgan fingerprint density at radius 1 is 1.04 bits per heavy atom. The van der Waals surface area contributed by atoms with Crippen LogP contribution in [0.5, 0.6) is 0 Å². The van der Waals surface area contributed by atoms with Gasteiger partial charge < -0.3 is 5.32 Å². The Bertz CT molecular complexity index is 726. The Balaban J connectivity index is 2.19. The second-order valence-electron chi connectivity index (χ2n) is 5.34. The summed E-state index contributed by atoms with van der Waals surface area (Å²) < 4.78 is 53.4. The van der Waals surface area contributed by atoms with Crippen molar-refractivity contribution < 1.29 is 16.8 Å². The van der Waals surface area contributed by atoms with Crippen LogP contribution in [0.1, 0.15) is 19.8 Å². The smallest absolute Gasteiger partial charge is 0.243 e. The van der Waals surface area contributed by atoms with Crippen molar-refractivity contribution in [2.24, 2.45) is 0 Å². The molecule has 0 radical (unpaired) electrons. The number of nitrogens with zero attached hydrogens (tertiary/aromatic N) is 1. The first-order valence-corrected chi connectivity index (χ1v) is 10.6. The average molecular weight is 361 g/mol. The van der Waals surface area contributed by atoms with Gasteiger partial charge in [0.15, 0.2) is 0 Å². The zero-order valence-electron chi connectivity index (χ0n) is 13.2. The highest BCUT2D eigenvalue weighted by Crippen LogP contribution is 2.22. The average Bonchev–Trinajstić information content (AvgIpc) is 3.07. The summed E-state index contributed by atoms with van der Waals surface area (Å²) in [5.41, 5.74) is 0. The van der Waals surface area contributed by atoms with Crippen LogP contribution in [0.25, 0.3) is 0 Å². The van der Waals surface area contributed by atoms with Crippen LogP contribution < -0.4 is 10.0 Å². The van der Waals surface area contributed by atoms with Crippen molar-refractivity contribution in [3.05, 3.63) is 24.3 Å². The molecule has 0 aromatic heterocycles. The van der Waals surface area contributed by atoms with Gasteiger partial charge in [-0.3, -0.25) is 0 Å². The van der Waals surface area contributed by atoms with E-state index in [-0.39, 0.29) is 16.3 Å². The number of nitrogens with one attached hydrogen (secondary N) is 2. The summed E-state index contributed by atoms with van der Waals surface area (Å²) in [6.45, 7) is 4.42. The first-order valence-electron chi connectivity index (χ1n) is 7.68. The van der Waals surface area contributed by atoms with Crippen molar-refractivity contribution >= 4 is 20.0 Å². The van der Waals surface area contributed by atoms with Gasteiger partial charge in [0.25, 0.3) is 0 Å². The van der Waals surface area contributed by atoms with E-state index in [9.17, 15) is 16.8 Å². The molecule has 1 fully saturated rings. The van der Waals surface area contributed by atoms with Gasteiger partial charge in [-0.25, -0.2) is 21.6 Å². The standard InChI is InChI=1S/C14H23N3O4S2/c1-2-15-8-9-16-22(18,19)13-6-5-7-14(12-13)23(20,21)17-10-3-4-11-17/h5-7,12,15-16H,2-4,8-11H2,1H3. The van der Waals surface area contributed by atoms with Crippen LogP contribution in [-0.4, -0.2) is 53.9 Å². The summed E-state index contributed by atoms with van der Waals surface area (Å²) in [6.07, 6.45) is 1.67. The summed E-state index contributed by atoms with van der Waals surface area (Å²) in [7, 11) is -7.34. The molecule has 23 heavy (non-hydrogen) atoms. The zero-order valence-corrected chi connectivity index (χ0v) is 14.8. The first-order chi connectivity index (χ1) is 10.9. The summed E-state index contributed by atoms with van der Waals surface area (Å²) in [5, 5.41) is 3.02. The van der Waals surface area contributed by atoms with Gasteiger partial charge in [-0.2, -0.15) is 4.31 Å². The fourth-order valence-electron chi connectivity index (χ4n) is 2.41. The molecule has 0 amide bonds. The maximum Gasteiger partial charge on any atom is 0.243 e. The highest BCUT2D eigenvalue weighted by molar-refractivity contribution is 7.90. The minimum Gasteiger partial charge on any atom is -0.316 e. The number of sulfonamides is 2. The van der Waals surface area contributed by atoms with Crippen molar-refractivity contribution in [1.29, 1.82) is 0 Å². The predicted octanol–water partition coefficient (Wildman–Crippen LogP) is 0.359. The van der Waals surface area contributed by atoms with Crippen LogP contribution in [-0.2, 0) is 20.0 Å². The normalized spacial score (nSPS) is 16.7. The van der Waals surface area contributed by atoms with Crippen molar-refractivity contribution in [2.45, 2.75) is 29.6 Å². The van der Waals surface area contributed by atoms with E-state index in [2.05, 4.69) is 10.0 Å². The van der Waals surface area contributed by atoms with E-state index in [4.69, 9.17) is 0 Å². The molecule has 1 aromatic carbocycles. The van der Waals surface area contributed by atoms with Crippen molar-refractivity contribution in [3.8, 4) is 0 Å². The van der Waals surface area contributed by atoms with E-state index in [1.807, 2.05) is 6.92 Å². The summed E-state index contributed by atoms with van der Waals surface area (Å²) in [6, 6.07) is 5.52. The van der Waals surface area contributed by atoms with Crippen molar-refractivity contribution in [3.63, 3.8) is 0 Å². The topological polar surface area (TPSA) is 95.6 Å². The quantitative estimate of drug-likeness (QED) is 0.652. The molecule has 130 valence electrons. The maximum absolute atomic E-state index is 12.5.